The number of thioether (sulfide) groups is 1. The van der Waals surface area contributed by atoms with Gasteiger partial charge in [-0.15, -0.1) is 0 Å². The Morgan fingerprint density at radius 1 is 1.21 bits per heavy atom. The minimum absolute atomic E-state index is 0.125. The molecule has 0 radical (unpaired) electrons. The molecule has 2 aliphatic rings. The van der Waals surface area contributed by atoms with Crippen molar-refractivity contribution < 1.29 is 23.7 Å². The first-order valence-corrected chi connectivity index (χ1v) is 13.1. The molecule has 10 heteroatoms. The minimum Gasteiger partial charge on any atom is -0.493 e. The normalized spacial score (nSPS) is 13.9. The maximum Gasteiger partial charge on any atom is 0.231 e. The highest BCUT2D eigenvalue weighted by Gasteiger charge is 2.28. The first-order chi connectivity index (χ1) is 18.5. The molecule has 0 aliphatic carbocycles. The highest BCUT2D eigenvalue weighted by Crippen LogP contribution is 2.44. The number of fused-ring (bicyclic) bond motifs is 2. The van der Waals surface area contributed by atoms with Gasteiger partial charge in [0.2, 0.25) is 12.7 Å². The largest absolute Gasteiger partial charge is 0.493 e. The molecule has 2 aliphatic heterocycles. The number of para-hydroxylation sites is 1. The Bertz CT molecular complexity index is 1420. The van der Waals surface area contributed by atoms with Crippen molar-refractivity contribution >= 4 is 17.7 Å². The second-order valence-corrected chi connectivity index (χ2v) is 9.95. The van der Waals surface area contributed by atoms with Gasteiger partial charge in [-0.1, -0.05) is 30.0 Å². The molecule has 3 aromatic rings. The van der Waals surface area contributed by atoms with Crippen LogP contribution in [0.1, 0.15) is 22.4 Å². The number of nitriles is 1. The zero-order chi connectivity index (χ0) is 26.6. The molecule has 0 saturated heterocycles. The van der Waals surface area contributed by atoms with Crippen molar-refractivity contribution in [2.75, 3.05) is 40.4 Å². The molecule has 1 N–H and O–H groups in total. The van der Waals surface area contributed by atoms with Gasteiger partial charge in [-0.05, 0) is 36.4 Å². The van der Waals surface area contributed by atoms with Gasteiger partial charge in [-0.3, -0.25) is 4.79 Å². The van der Waals surface area contributed by atoms with E-state index in [0.29, 0.717) is 46.7 Å². The highest BCUT2D eigenvalue weighted by molar-refractivity contribution is 8.00. The lowest BCUT2D eigenvalue weighted by atomic mass is 9.91. The summed E-state index contributed by atoms with van der Waals surface area (Å²) in [7, 11) is 5.23. The third-order valence-corrected chi connectivity index (χ3v) is 7.53. The van der Waals surface area contributed by atoms with Crippen LogP contribution in [0.3, 0.4) is 0 Å². The average Bonchev–Trinajstić information content (AvgIpc) is 3.41. The lowest BCUT2D eigenvalue weighted by Crippen LogP contribution is -2.28. The van der Waals surface area contributed by atoms with Gasteiger partial charge in [0.05, 0.1) is 25.5 Å². The van der Waals surface area contributed by atoms with Crippen LogP contribution in [0.25, 0.3) is 11.1 Å². The van der Waals surface area contributed by atoms with E-state index in [1.54, 1.807) is 14.2 Å². The summed E-state index contributed by atoms with van der Waals surface area (Å²) in [6.45, 7) is 2.09. The van der Waals surface area contributed by atoms with Crippen LogP contribution in [-0.2, 0) is 24.3 Å². The van der Waals surface area contributed by atoms with Crippen LogP contribution in [-0.4, -0.2) is 56.1 Å². The summed E-state index contributed by atoms with van der Waals surface area (Å²) in [5, 5.41) is 13.8. The number of pyridine rings is 1. The molecule has 38 heavy (non-hydrogen) atoms. The third-order valence-electron chi connectivity index (χ3n) is 6.56. The van der Waals surface area contributed by atoms with Crippen LogP contribution < -0.4 is 24.3 Å². The second kappa shape index (κ2) is 11.2. The fourth-order valence-electron chi connectivity index (χ4n) is 4.70. The number of aromatic nitrogens is 1. The number of carbonyl (C=O) groups excluding carboxylic acids is 1. The van der Waals surface area contributed by atoms with Gasteiger partial charge < -0.3 is 29.2 Å². The predicted molar refractivity (Wildman–Crippen MR) is 143 cm³/mol. The van der Waals surface area contributed by atoms with Gasteiger partial charge in [0, 0.05) is 42.9 Å². The van der Waals surface area contributed by atoms with Crippen LogP contribution >= 0.6 is 11.8 Å². The number of nitrogens with zero attached hydrogens (tertiary/aromatic N) is 3. The molecule has 0 atom stereocenters. The van der Waals surface area contributed by atoms with Crippen LogP contribution in [0.5, 0.6) is 23.0 Å². The number of nitrogens with one attached hydrogen (secondary N) is 1. The lowest BCUT2D eigenvalue weighted by molar-refractivity contribution is -0.118. The van der Waals surface area contributed by atoms with Crippen molar-refractivity contribution in [1.82, 2.24) is 15.2 Å². The fraction of sp³-hybridized carbons (Fsp3) is 0.321. The summed E-state index contributed by atoms with van der Waals surface area (Å²) in [5.74, 6) is 2.49. The van der Waals surface area contributed by atoms with E-state index >= 15 is 0 Å². The summed E-state index contributed by atoms with van der Waals surface area (Å²) < 4.78 is 22.0. The smallest absolute Gasteiger partial charge is 0.231 e. The van der Waals surface area contributed by atoms with Gasteiger partial charge >= 0.3 is 0 Å². The molecule has 9 nitrogen and oxygen atoms in total. The van der Waals surface area contributed by atoms with E-state index in [-0.39, 0.29) is 18.5 Å². The summed E-state index contributed by atoms with van der Waals surface area (Å²) >= 11 is 1.26. The second-order valence-electron chi connectivity index (χ2n) is 8.99. The molecule has 0 saturated carbocycles. The van der Waals surface area contributed by atoms with Gasteiger partial charge in [0.15, 0.2) is 23.0 Å². The first kappa shape index (κ1) is 25.7. The van der Waals surface area contributed by atoms with Crippen LogP contribution in [0.2, 0.25) is 0 Å². The van der Waals surface area contributed by atoms with Gasteiger partial charge in [0.25, 0.3) is 0 Å². The third kappa shape index (κ3) is 5.08. The van der Waals surface area contributed by atoms with Crippen LogP contribution in [0, 0.1) is 11.3 Å². The number of hydrogen-bond acceptors (Lipinski definition) is 9. The molecule has 3 heterocycles. The molecular formula is C28H28N4O5S. The standard InChI is InChI=1S/C28H28N4O5S/c1-32-10-9-21-20(14-32)26(18-5-4-6-23(34-2)27(18)35-3)19(12-29)28(31-21)38-15-25(33)30-13-17-7-8-22-24(11-17)37-16-36-22/h4-8,11H,9-10,13-16H2,1-3H3,(H,30,33). The molecule has 5 rings (SSSR count). The monoisotopic (exact) mass is 532 g/mol. The lowest BCUT2D eigenvalue weighted by Gasteiger charge is -2.28. The summed E-state index contributed by atoms with van der Waals surface area (Å²) in [5.41, 5.74) is 4.83. The number of amides is 1. The Kier molecular flexibility index (Phi) is 7.58. The Balaban J connectivity index is 1.42. The van der Waals surface area contributed by atoms with E-state index in [1.807, 2.05) is 36.4 Å². The number of methoxy groups -OCH3 is 2. The zero-order valence-electron chi connectivity index (χ0n) is 21.5. The van der Waals surface area contributed by atoms with Crippen molar-refractivity contribution in [3.8, 4) is 40.2 Å². The zero-order valence-corrected chi connectivity index (χ0v) is 22.3. The number of benzene rings is 2. The van der Waals surface area contributed by atoms with E-state index < -0.39 is 0 Å². The molecule has 0 unspecified atom stereocenters. The Hall–Kier alpha value is -3.94. The summed E-state index contributed by atoms with van der Waals surface area (Å²) in [6.07, 6.45) is 0.751. The van der Waals surface area contributed by atoms with Crippen molar-refractivity contribution in [3.05, 3.63) is 58.8 Å². The molecule has 0 bridgehead atoms. The Morgan fingerprint density at radius 2 is 2.05 bits per heavy atom. The number of rotatable bonds is 8. The minimum atomic E-state index is -0.156. The van der Waals surface area contributed by atoms with E-state index in [0.717, 1.165) is 40.9 Å². The molecule has 196 valence electrons. The van der Waals surface area contributed by atoms with E-state index in [9.17, 15) is 10.1 Å². The Labute approximate surface area is 225 Å². The van der Waals surface area contributed by atoms with Crippen LogP contribution in [0.4, 0.5) is 0 Å². The predicted octanol–water partition coefficient (Wildman–Crippen LogP) is 3.76. The maximum atomic E-state index is 12.8. The summed E-state index contributed by atoms with van der Waals surface area (Å²) in [4.78, 5) is 19.8. The average molecular weight is 533 g/mol. The number of ether oxygens (including phenoxy) is 4. The molecule has 2 aromatic carbocycles. The Morgan fingerprint density at radius 3 is 2.84 bits per heavy atom. The fourth-order valence-corrected chi connectivity index (χ4v) is 5.53. The quantitative estimate of drug-likeness (QED) is 0.434. The topological polar surface area (TPSA) is 106 Å². The molecule has 1 amide bonds. The maximum absolute atomic E-state index is 12.8. The van der Waals surface area contributed by atoms with Gasteiger partial charge in [0.1, 0.15) is 11.1 Å². The first-order valence-electron chi connectivity index (χ1n) is 12.2. The van der Waals surface area contributed by atoms with Crippen molar-refractivity contribution in [3.63, 3.8) is 0 Å². The SMILES string of the molecule is COc1cccc(-c2c(C#N)c(SCC(=O)NCc3ccc4c(c3)OCO4)nc3c2CN(C)CC3)c1OC. The number of hydrogen-bond donors (Lipinski definition) is 1. The van der Waals surface area contributed by atoms with E-state index in [2.05, 4.69) is 23.3 Å². The van der Waals surface area contributed by atoms with Crippen molar-refractivity contribution in [1.29, 1.82) is 5.26 Å². The molecule has 1 aromatic heterocycles. The van der Waals surface area contributed by atoms with Crippen molar-refractivity contribution in [2.24, 2.45) is 0 Å². The van der Waals surface area contributed by atoms with E-state index in [1.165, 1.54) is 11.8 Å². The van der Waals surface area contributed by atoms with Gasteiger partial charge in [-0.25, -0.2) is 4.98 Å². The van der Waals surface area contributed by atoms with Gasteiger partial charge in [-0.2, -0.15) is 5.26 Å². The summed E-state index contributed by atoms with van der Waals surface area (Å²) in [6, 6.07) is 13.6. The molecule has 0 fully saturated rings. The molecule has 0 spiro atoms. The number of likely N-dealkylation sites (N-methyl/N-ethyl adjacent to an activating group) is 1. The van der Waals surface area contributed by atoms with Crippen molar-refractivity contribution in [2.45, 2.75) is 24.5 Å². The van der Waals surface area contributed by atoms with E-state index in [4.69, 9.17) is 23.9 Å². The highest BCUT2D eigenvalue weighted by atomic mass is 32.2. The van der Waals surface area contributed by atoms with Crippen LogP contribution in [0.15, 0.2) is 41.4 Å². The molecular weight excluding hydrogens is 504 g/mol. The number of carbonyl (C=O) groups is 1.